The van der Waals surface area contributed by atoms with Gasteiger partial charge in [-0.05, 0) is 43.7 Å². The zero-order valence-corrected chi connectivity index (χ0v) is 20.0. The molecule has 3 amide bonds. The summed E-state index contributed by atoms with van der Waals surface area (Å²) in [5.74, 6) is 0.609. The smallest absolute Gasteiger partial charge is 0.319 e. The van der Waals surface area contributed by atoms with Gasteiger partial charge < -0.3 is 25.4 Å². The van der Waals surface area contributed by atoms with E-state index in [-0.39, 0.29) is 42.4 Å². The number of rotatable bonds is 9. The van der Waals surface area contributed by atoms with Crippen LogP contribution < -0.4 is 30.1 Å². The summed E-state index contributed by atoms with van der Waals surface area (Å²) in [6.45, 7) is 4.95. The third kappa shape index (κ3) is 7.63. The van der Waals surface area contributed by atoms with Gasteiger partial charge in [-0.2, -0.15) is 0 Å². The first-order valence-corrected chi connectivity index (χ1v) is 12.5. The third-order valence-electron chi connectivity index (χ3n) is 4.79. The first-order chi connectivity index (χ1) is 16.2. The van der Waals surface area contributed by atoms with Crippen molar-refractivity contribution in [3.8, 4) is 11.5 Å². The Balaban J connectivity index is 1.43. The Kier molecular flexibility index (Phi) is 8.72. The van der Waals surface area contributed by atoms with Crippen LogP contribution in [0.1, 0.15) is 32.3 Å². The van der Waals surface area contributed by atoms with Crippen molar-refractivity contribution in [3.63, 3.8) is 0 Å². The Labute approximate surface area is 199 Å². The van der Waals surface area contributed by atoms with E-state index in [4.69, 9.17) is 9.47 Å². The summed E-state index contributed by atoms with van der Waals surface area (Å²) in [6, 6.07) is 11.2. The highest BCUT2D eigenvalue weighted by atomic mass is 32.2. The molecule has 11 heteroatoms. The van der Waals surface area contributed by atoms with E-state index in [0.29, 0.717) is 30.4 Å². The lowest BCUT2D eigenvalue weighted by Gasteiger charge is -2.11. The minimum absolute atomic E-state index is 0.0151. The van der Waals surface area contributed by atoms with E-state index in [9.17, 15) is 18.0 Å². The highest BCUT2D eigenvalue weighted by Gasteiger charge is 2.19. The van der Waals surface area contributed by atoms with Crippen molar-refractivity contribution in [3.05, 3.63) is 48.0 Å². The molecule has 2 aromatic carbocycles. The van der Waals surface area contributed by atoms with Crippen molar-refractivity contribution in [2.75, 3.05) is 25.1 Å². The number of benzene rings is 2. The molecule has 0 spiro atoms. The Morgan fingerprint density at radius 2 is 1.71 bits per heavy atom. The van der Waals surface area contributed by atoms with Crippen LogP contribution in [0, 0.1) is 0 Å². The number of carbonyl (C=O) groups is 2. The molecule has 1 aliphatic rings. The van der Waals surface area contributed by atoms with Crippen LogP contribution in [-0.2, 0) is 21.4 Å². The van der Waals surface area contributed by atoms with Crippen LogP contribution in [0.2, 0.25) is 0 Å². The minimum Gasteiger partial charge on any atom is -0.490 e. The molecule has 2 aromatic rings. The first kappa shape index (κ1) is 25.3. The summed E-state index contributed by atoms with van der Waals surface area (Å²) in [7, 11) is -3.80. The molecule has 3 rings (SSSR count). The molecule has 0 atom stereocenters. The maximum atomic E-state index is 12.6. The topological polar surface area (TPSA) is 135 Å². The fourth-order valence-corrected chi connectivity index (χ4v) is 4.16. The fourth-order valence-electron chi connectivity index (χ4n) is 3.12. The predicted molar refractivity (Wildman–Crippen MR) is 127 cm³/mol. The van der Waals surface area contributed by atoms with Gasteiger partial charge in [0.25, 0.3) is 0 Å². The third-order valence-corrected chi connectivity index (χ3v) is 6.25. The molecule has 0 saturated heterocycles. The van der Waals surface area contributed by atoms with Gasteiger partial charge >= 0.3 is 6.03 Å². The van der Waals surface area contributed by atoms with Crippen molar-refractivity contribution in [1.82, 2.24) is 15.4 Å². The van der Waals surface area contributed by atoms with E-state index in [1.54, 1.807) is 30.3 Å². The summed E-state index contributed by atoms with van der Waals surface area (Å²) >= 11 is 0. The van der Waals surface area contributed by atoms with E-state index in [1.165, 1.54) is 12.1 Å². The number of carbonyl (C=O) groups excluding carboxylic acids is 2. The van der Waals surface area contributed by atoms with Crippen molar-refractivity contribution < 1.29 is 27.5 Å². The molecule has 0 aromatic heterocycles. The van der Waals surface area contributed by atoms with Crippen molar-refractivity contribution >= 4 is 27.6 Å². The molecule has 1 heterocycles. The van der Waals surface area contributed by atoms with Crippen molar-refractivity contribution in [2.24, 2.45) is 0 Å². The van der Waals surface area contributed by atoms with Gasteiger partial charge in [0, 0.05) is 43.7 Å². The van der Waals surface area contributed by atoms with Gasteiger partial charge in [0.1, 0.15) is 0 Å². The predicted octanol–water partition coefficient (Wildman–Crippen LogP) is 2.36. The summed E-state index contributed by atoms with van der Waals surface area (Å²) < 4.78 is 38.6. The molecule has 1 aliphatic heterocycles. The average Bonchev–Trinajstić information content (AvgIpc) is 3.03. The second kappa shape index (κ2) is 11.7. The van der Waals surface area contributed by atoms with Gasteiger partial charge in [0.15, 0.2) is 11.5 Å². The second-order valence-electron chi connectivity index (χ2n) is 8.03. The van der Waals surface area contributed by atoms with Crippen LogP contribution in [0.15, 0.2) is 47.4 Å². The Bertz CT molecular complexity index is 1100. The maximum Gasteiger partial charge on any atom is 0.319 e. The standard InChI is InChI=1S/C23H30N4O6S/c1-16(2)26-23(29)27-18-6-4-17(5-7-18)15-24-22(28)10-11-25-34(30,31)19-8-9-20-21(14-19)33-13-3-12-32-20/h4-9,14,16,25H,3,10-13,15H2,1-2H3,(H,24,28)(H2,26,27,29). The number of anilines is 1. The zero-order chi connectivity index (χ0) is 24.6. The second-order valence-corrected chi connectivity index (χ2v) is 9.80. The Hall–Kier alpha value is -3.31. The molecule has 184 valence electrons. The van der Waals surface area contributed by atoms with Crippen LogP contribution in [0.25, 0.3) is 0 Å². The number of amides is 3. The molecule has 4 N–H and O–H groups in total. The van der Waals surface area contributed by atoms with E-state index >= 15 is 0 Å². The van der Waals surface area contributed by atoms with Crippen molar-refractivity contribution in [1.29, 1.82) is 0 Å². The molecule has 0 aliphatic carbocycles. The van der Waals surface area contributed by atoms with Crippen LogP contribution in [0.4, 0.5) is 10.5 Å². The number of hydrogen-bond donors (Lipinski definition) is 4. The zero-order valence-electron chi connectivity index (χ0n) is 19.2. The van der Waals surface area contributed by atoms with E-state index in [0.717, 1.165) is 12.0 Å². The van der Waals surface area contributed by atoms with Gasteiger partial charge in [0.05, 0.1) is 18.1 Å². The highest BCUT2D eigenvalue weighted by molar-refractivity contribution is 7.89. The average molecular weight is 491 g/mol. The molecule has 0 fully saturated rings. The summed E-state index contributed by atoms with van der Waals surface area (Å²) in [5.41, 5.74) is 1.48. The lowest BCUT2D eigenvalue weighted by atomic mass is 10.2. The molecule has 0 unspecified atom stereocenters. The maximum absolute atomic E-state index is 12.6. The van der Waals surface area contributed by atoms with Gasteiger partial charge in [-0.1, -0.05) is 12.1 Å². The van der Waals surface area contributed by atoms with Crippen LogP contribution >= 0.6 is 0 Å². The Morgan fingerprint density at radius 1 is 1.00 bits per heavy atom. The number of urea groups is 1. The SMILES string of the molecule is CC(C)NC(=O)Nc1ccc(CNC(=O)CCNS(=O)(=O)c2ccc3c(c2)OCCCO3)cc1. The van der Waals surface area contributed by atoms with E-state index < -0.39 is 10.0 Å². The number of nitrogens with one attached hydrogen (secondary N) is 4. The minimum atomic E-state index is -3.80. The monoisotopic (exact) mass is 490 g/mol. The van der Waals surface area contributed by atoms with Crippen LogP contribution in [0.3, 0.4) is 0 Å². The Morgan fingerprint density at radius 3 is 2.41 bits per heavy atom. The molecule has 0 saturated carbocycles. The molecular formula is C23H30N4O6S. The molecule has 0 bridgehead atoms. The largest absolute Gasteiger partial charge is 0.490 e. The number of fused-ring (bicyclic) bond motifs is 1. The molecule has 10 nitrogen and oxygen atoms in total. The summed E-state index contributed by atoms with van der Waals surface area (Å²) in [6.07, 6.45) is 0.708. The van der Waals surface area contributed by atoms with Gasteiger partial charge in [0.2, 0.25) is 15.9 Å². The number of ether oxygens (including phenoxy) is 2. The van der Waals surface area contributed by atoms with Gasteiger partial charge in [-0.25, -0.2) is 17.9 Å². The fraction of sp³-hybridized carbons (Fsp3) is 0.391. The highest BCUT2D eigenvalue weighted by Crippen LogP contribution is 2.31. The van der Waals surface area contributed by atoms with Crippen LogP contribution in [-0.4, -0.2) is 46.2 Å². The lowest BCUT2D eigenvalue weighted by molar-refractivity contribution is -0.121. The van der Waals surface area contributed by atoms with E-state index in [1.807, 2.05) is 13.8 Å². The van der Waals surface area contributed by atoms with E-state index in [2.05, 4.69) is 20.7 Å². The quantitative estimate of drug-likeness (QED) is 0.426. The van der Waals surface area contributed by atoms with Crippen molar-refractivity contribution in [2.45, 2.75) is 44.2 Å². The molecular weight excluding hydrogens is 460 g/mol. The molecule has 34 heavy (non-hydrogen) atoms. The van der Waals surface area contributed by atoms with Gasteiger partial charge in [-0.15, -0.1) is 0 Å². The van der Waals surface area contributed by atoms with Gasteiger partial charge in [-0.3, -0.25) is 4.79 Å². The number of sulfonamides is 1. The normalized spacial score (nSPS) is 13.1. The number of hydrogen-bond acceptors (Lipinski definition) is 6. The summed E-state index contributed by atoms with van der Waals surface area (Å²) in [5, 5.41) is 8.21. The molecule has 0 radical (unpaired) electrons. The summed E-state index contributed by atoms with van der Waals surface area (Å²) in [4.78, 5) is 23.9. The lowest BCUT2D eigenvalue weighted by Crippen LogP contribution is -2.34. The van der Waals surface area contributed by atoms with Crippen LogP contribution in [0.5, 0.6) is 11.5 Å². The first-order valence-electron chi connectivity index (χ1n) is 11.1.